The lowest BCUT2D eigenvalue weighted by molar-refractivity contribution is 0.619. The number of hydrogen-bond donors (Lipinski definition) is 1. The first-order valence-electron chi connectivity index (χ1n) is 7.98. The summed E-state index contributed by atoms with van der Waals surface area (Å²) >= 11 is 0. The van der Waals surface area contributed by atoms with E-state index in [-0.39, 0.29) is 11.4 Å². The van der Waals surface area contributed by atoms with Crippen molar-refractivity contribution in [2.45, 2.75) is 6.92 Å². The minimum Gasteiger partial charge on any atom is -0.306 e. The molecule has 1 N–H and O–H groups in total. The van der Waals surface area contributed by atoms with Crippen molar-refractivity contribution in [1.29, 1.82) is 0 Å². The maximum atomic E-state index is 13.4. The number of hydrogen-bond acceptors (Lipinski definition) is 2. The Hall–Kier alpha value is -3.27. The van der Waals surface area contributed by atoms with Crippen molar-refractivity contribution in [3.8, 4) is 22.5 Å². The standard InChI is InChI=1S/C21H15FN2O/c1-13-12-16(10-11-18(13)22)14-6-8-15(9-7-14)20-23-19-5-3-2-4-17(19)21(25)24-20/h2-12H,1H3,(H,23,24,25). The smallest absolute Gasteiger partial charge is 0.259 e. The molecule has 0 amide bonds. The van der Waals surface area contributed by atoms with Gasteiger partial charge in [0.15, 0.2) is 0 Å². The molecule has 0 unspecified atom stereocenters. The first kappa shape index (κ1) is 15.3. The molecule has 0 radical (unpaired) electrons. The number of halogens is 1. The molecule has 4 rings (SSSR count). The van der Waals surface area contributed by atoms with Gasteiger partial charge in [-0.05, 0) is 47.9 Å². The zero-order valence-electron chi connectivity index (χ0n) is 13.6. The number of nitrogens with zero attached hydrogens (tertiary/aromatic N) is 1. The zero-order chi connectivity index (χ0) is 17.4. The van der Waals surface area contributed by atoms with Gasteiger partial charge in [-0.25, -0.2) is 9.37 Å². The van der Waals surface area contributed by atoms with Crippen molar-refractivity contribution in [2.75, 3.05) is 0 Å². The SMILES string of the molecule is Cc1cc(-c2ccc(-c3nc4ccccc4c(=O)[nH]3)cc2)ccc1F. The lowest BCUT2D eigenvalue weighted by Crippen LogP contribution is -2.09. The van der Waals surface area contributed by atoms with Crippen LogP contribution in [0.1, 0.15) is 5.56 Å². The third-order valence-corrected chi connectivity index (χ3v) is 4.26. The van der Waals surface area contributed by atoms with E-state index in [1.807, 2.05) is 48.5 Å². The molecule has 3 nitrogen and oxygen atoms in total. The summed E-state index contributed by atoms with van der Waals surface area (Å²) in [7, 11) is 0. The number of fused-ring (bicyclic) bond motifs is 1. The van der Waals surface area contributed by atoms with Gasteiger partial charge in [-0.1, -0.05) is 42.5 Å². The van der Waals surface area contributed by atoms with Gasteiger partial charge >= 0.3 is 0 Å². The third-order valence-electron chi connectivity index (χ3n) is 4.26. The summed E-state index contributed by atoms with van der Waals surface area (Å²) in [5, 5.41) is 0.574. The molecule has 0 aliphatic rings. The first-order valence-corrected chi connectivity index (χ1v) is 7.98. The van der Waals surface area contributed by atoms with Gasteiger partial charge in [0.2, 0.25) is 0 Å². The molecule has 0 aliphatic carbocycles. The van der Waals surface area contributed by atoms with Crippen LogP contribution in [0.4, 0.5) is 4.39 Å². The number of aryl methyl sites for hydroxylation is 1. The van der Waals surface area contributed by atoms with Gasteiger partial charge in [0, 0.05) is 5.56 Å². The Kier molecular flexibility index (Phi) is 3.65. The lowest BCUT2D eigenvalue weighted by atomic mass is 10.0. The third kappa shape index (κ3) is 2.83. The van der Waals surface area contributed by atoms with Crippen LogP contribution in [0.3, 0.4) is 0 Å². The van der Waals surface area contributed by atoms with Gasteiger partial charge in [0.1, 0.15) is 11.6 Å². The first-order chi connectivity index (χ1) is 12.1. The largest absolute Gasteiger partial charge is 0.306 e. The van der Waals surface area contributed by atoms with Gasteiger partial charge in [-0.3, -0.25) is 4.79 Å². The van der Waals surface area contributed by atoms with Gasteiger partial charge < -0.3 is 4.98 Å². The fourth-order valence-corrected chi connectivity index (χ4v) is 2.87. The van der Waals surface area contributed by atoms with Crippen LogP contribution in [0.15, 0.2) is 71.5 Å². The number of H-pyrrole nitrogens is 1. The van der Waals surface area contributed by atoms with Crippen LogP contribution in [0.5, 0.6) is 0 Å². The van der Waals surface area contributed by atoms with Gasteiger partial charge in [0.25, 0.3) is 5.56 Å². The van der Waals surface area contributed by atoms with E-state index in [9.17, 15) is 9.18 Å². The maximum absolute atomic E-state index is 13.4. The minimum atomic E-state index is -0.210. The summed E-state index contributed by atoms with van der Waals surface area (Å²) in [5.74, 6) is 0.323. The monoisotopic (exact) mass is 330 g/mol. The van der Waals surface area contributed by atoms with E-state index in [2.05, 4.69) is 9.97 Å². The number of para-hydroxylation sites is 1. The highest BCUT2D eigenvalue weighted by atomic mass is 19.1. The molecule has 1 aromatic heterocycles. The topological polar surface area (TPSA) is 45.8 Å². The number of nitrogens with one attached hydrogen (secondary N) is 1. The Morgan fingerprint density at radius 3 is 2.32 bits per heavy atom. The highest BCUT2D eigenvalue weighted by Gasteiger charge is 2.07. The predicted molar refractivity (Wildman–Crippen MR) is 97.9 cm³/mol. The Morgan fingerprint density at radius 1 is 0.880 bits per heavy atom. The fraction of sp³-hybridized carbons (Fsp3) is 0.0476. The van der Waals surface area contributed by atoms with Crippen molar-refractivity contribution in [1.82, 2.24) is 9.97 Å². The second kappa shape index (κ2) is 5.98. The molecule has 0 saturated heterocycles. The van der Waals surface area contributed by atoms with E-state index in [0.717, 1.165) is 16.7 Å². The molecule has 4 aromatic rings. The van der Waals surface area contributed by atoms with Crippen LogP contribution < -0.4 is 5.56 Å². The lowest BCUT2D eigenvalue weighted by Gasteiger charge is -2.07. The molecule has 3 aromatic carbocycles. The second-order valence-corrected chi connectivity index (χ2v) is 5.97. The average Bonchev–Trinajstić information content (AvgIpc) is 2.64. The predicted octanol–water partition coefficient (Wildman–Crippen LogP) is 4.70. The summed E-state index contributed by atoms with van der Waals surface area (Å²) in [5.41, 5.74) is 3.88. The molecule has 122 valence electrons. The van der Waals surface area contributed by atoms with Crippen molar-refractivity contribution >= 4 is 10.9 Å². The summed E-state index contributed by atoms with van der Waals surface area (Å²) in [6.45, 7) is 1.75. The molecule has 0 aliphatic heterocycles. The van der Waals surface area contributed by atoms with Crippen LogP contribution >= 0.6 is 0 Å². The van der Waals surface area contributed by atoms with Crippen molar-refractivity contribution < 1.29 is 4.39 Å². The highest BCUT2D eigenvalue weighted by Crippen LogP contribution is 2.25. The number of aromatic nitrogens is 2. The molecule has 1 heterocycles. The highest BCUT2D eigenvalue weighted by molar-refractivity contribution is 5.79. The number of rotatable bonds is 2. The number of benzene rings is 3. The Morgan fingerprint density at radius 2 is 1.56 bits per heavy atom. The molecule has 0 bridgehead atoms. The Labute approximate surface area is 143 Å². The molecule has 0 fully saturated rings. The van der Waals surface area contributed by atoms with Crippen LogP contribution in [-0.4, -0.2) is 9.97 Å². The number of aromatic amines is 1. The molecule has 0 atom stereocenters. The van der Waals surface area contributed by atoms with E-state index in [1.54, 1.807) is 19.1 Å². The zero-order valence-corrected chi connectivity index (χ0v) is 13.6. The van der Waals surface area contributed by atoms with Crippen molar-refractivity contribution in [3.63, 3.8) is 0 Å². The van der Waals surface area contributed by atoms with Gasteiger partial charge in [0.05, 0.1) is 10.9 Å². The summed E-state index contributed by atoms with van der Waals surface area (Å²) in [6, 6.07) is 20.0. The van der Waals surface area contributed by atoms with Crippen LogP contribution in [0.25, 0.3) is 33.4 Å². The average molecular weight is 330 g/mol. The maximum Gasteiger partial charge on any atom is 0.259 e. The van der Waals surface area contributed by atoms with Crippen LogP contribution in [0.2, 0.25) is 0 Å². The molecule has 0 spiro atoms. The van der Waals surface area contributed by atoms with Crippen molar-refractivity contribution in [3.05, 3.63) is 88.5 Å². The van der Waals surface area contributed by atoms with Crippen LogP contribution in [-0.2, 0) is 0 Å². The van der Waals surface area contributed by atoms with Crippen molar-refractivity contribution in [2.24, 2.45) is 0 Å². The van der Waals surface area contributed by atoms with E-state index in [4.69, 9.17) is 0 Å². The minimum absolute atomic E-state index is 0.154. The Bertz CT molecular complexity index is 1130. The van der Waals surface area contributed by atoms with E-state index in [1.165, 1.54) is 6.07 Å². The summed E-state index contributed by atoms with van der Waals surface area (Å²) in [4.78, 5) is 19.6. The molecular weight excluding hydrogens is 315 g/mol. The van der Waals surface area contributed by atoms with E-state index >= 15 is 0 Å². The normalized spacial score (nSPS) is 11.0. The summed E-state index contributed by atoms with van der Waals surface area (Å²) in [6.07, 6.45) is 0. The van der Waals surface area contributed by atoms with Crippen LogP contribution in [0, 0.1) is 12.7 Å². The fourth-order valence-electron chi connectivity index (χ4n) is 2.87. The van der Waals surface area contributed by atoms with Gasteiger partial charge in [-0.2, -0.15) is 0 Å². The molecule has 0 saturated carbocycles. The molecule has 25 heavy (non-hydrogen) atoms. The quantitative estimate of drug-likeness (QED) is 0.579. The van der Waals surface area contributed by atoms with E-state index in [0.29, 0.717) is 22.3 Å². The second-order valence-electron chi connectivity index (χ2n) is 5.97. The van der Waals surface area contributed by atoms with Gasteiger partial charge in [-0.15, -0.1) is 0 Å². The summed E-state index contributed by atoms with van der Waals surface area (Å²) < 4.78 is 13.4. The Balaban J connectivity index is 1.75. The molecule has 4 heteroatoms. The molecular formula is C21H15FN2O. The van der Waals surface area contributed by atoms with E-state index < -0.39 is 0 Å².